The van der Waals surface area contributed by atoms with Crippen LogP contribution in [-0.2, 0) is 11.3 Å². The molecule has 0 saturated carbocycles. The lowest BCUT2D eigenvalue weighted by molar-refractivity contribution is -0.120. The number of hydrogen-bond donors (Lipinski definition) is 1. The molecule has 0 aromatic heterocycles. The molecular formula is C12H16O3. The monoisotopic (exact) mass is 208 g/mol. The van der Waals surface area contributed by atoms with Crippen molar-refractivity contribution in [1.82, 2.24) is 0 Å². The highest BCUT2D eigenvalue weighted by Crippen LogP contribution is 2.27. The van der Waals surface area contributed by atoms with E-state index in [0.717, 1.165) is 24.5 Å². The highest BCUT2D eigenvalue weighted by molar-refractivity contribution is 5.28. The summed E-state index contributed by atoms with van der Waals surface area (Å²) in [6.45, 7) is 4.41. The zero-order valence-electron chi connectivity index (χ0n) is 8.90. The lowest BCUT2D eigenvalue weighted by Crippen LogP contribution is -2.44. The first kappa shape index (κ1) is 10.5. The number of ether oxygens (including phenoxy) is 2. The van der Waals surface area contributed by atoms with Crippen LogP contribution >= 0.6 is 0 Å². The van der Waals surface area contributed by atoms with Gasteiger partial charge in [-0.25, -0.2) is 0 Å². The first-order valence-corrected chi connectivity index (χ1v) is 5.12. The van der Waals surface area contributed by atoms with Gasteiger partial charge in [0, 0.05) is 5.41 Å². The second-order valence-corrected chi connectivity index (χ2v) is 4.40. The molecule has 0 unspecified atom stereocenters. The molecule has 82 valence electrons. The number of benzene rings is 1. The van der Waals surface area contributed by atoms with Gasteiger partial charge in [0.1, 0.15) is 5.75 Å². The highest BCUT2D eigenvalue weighted by Gasteiger charge is 2.34. The maximum Gasteiger partial charge on any atom is 0.119 e. The summed E-state index contributed by atoms with van der Waals surface area (Å²) in [5, 5.41) is 8.97. The van der Waals surface area contributed by atoms with Gasteiger partial charge in [0.2, 0.25) is 0 Å². The first-order chi connectivity index (χ1) is 7.22. The van der Waals surface area contributed by atoms with E-state index in [4.69, 9.17) is 14.6 Å². The fourth-order valence-corrected chi connectivity index (χ4v) is 1.53. The Morgan fingerprint density at radius 2 is 2.27 bits per heavy atom. The van der Waals surface area contributed by atoms with E-state index >= 15 is 0 Å². The van der Waals surface area contributed by atoms with E-state index in [9.17, 15) is 0 Å². The summed E-state index contributed by atoms with van der Waals surface area (Å²) in [5.74, 6) is 0.815. The molecule has 0 aliphatic carbocycles. The minimum Gasteiger partial charge on any atom is -0.493 e. The Morgan fingerprint density at radius 1 is 1.47 bits per heavy atom. The molecule has 0 radical (unpaired) electrons. The number of rotatable bonds is 4. The Bertz CT molecular complexity index is 331. The summed E-state index contributed by atoms with van der Waals surface area (Å²) < 4.78 is 10.8. The van der Waals surface area contributed by atoms with Gasteiger partial charge < -0.3 is 14.6 Å². The van der Waals surface area contributed by atoms with Crippen molar-refractivity contribution in [2.24, 2.45) is 5.41 Å². The third kappa shape index (κ3) is 2.49. The topological polar surface area (TPSA) is 38.7 Å². The molecule has 15 heavy (non-hydrogen) atoms. The summed E-state index contributed by atoms with van der Waals surface area (Å²) in [6, 6.07) is 7.53. The average molecular weight is 208 g/mol. The van der Waals surface area contributed by atoms with Gasteiger partial charge in [-0.2, -0.15) is 0 Å². The van der Waals surface area contributed by atoms with Crippen LogP contribution in [-0.4, -0.2) is 24.9 Å². The summed E-state index contributed by atoms with van der Waals surface area (Å²) in [4.78, 5) is 0. The van der Waals surface area contributed by atoms with Crippen LogP contribution in [0.3, 0.4) is 0 Å². The van der Waals surface area contributed by atoms with Crippen LogP contribution in [0.2, 0.25) is 0 Å². The summed E-state index contributed by atoms with van der Waals surface area (Å²) in [6.07, 6.45) is 0. The van der Waals surface area contributed by atoms with Gasteiger partial charge in [0.05, 0.1) is 26.4 Å². The first-order valence-electron chi connectivity index (χ1n) is 5.12. The van der Waals surface area contributed by atoms with E-state index in [1.165, 1.54) is 0 Å². The quantitative estimate of drug-likeness (QED) is 0.816. The third-order valence-corrected chi connectivity index (χ3v) is 2.57. The van der Waals surface area contributed by atoms with E-state index in [-0.39, 0.29) is 12.0 Å². The van der Waals surface area contributed by atoms with Crippen molar-refractivity contribution in [2.75, 3.05) is 19.8 Å². The van der Waals surface area contributed by atoms with Crippen molar-refractivity contribution in [1.29, 1.82) is 0 Å². The Hall–Kier alpha value is -1.06. The van der Waals surface area contributed by atoms with Crippen molar-refractivity contribution in [3.63, 3.8) is 0 Å². The fraction of sp³-hybridized carbons (Fsp3) is 0.500. The molecule has 0 atom stereocenters. The average Bonchev–Trinajstić information content (AvgIpc) is 2.24. The number of hydrogen-bond acceptors (Lipinski definition) is 3. The maximum atomic E-state index is 8.97. The van der Waals surface area contributed by atoms with Gasteiger partial charge in [-0.3, -0.25) is 0 Å². The minimum absolute atomic E-state index is 0.0532. The van der Waals surface area contributed by atoms with Crippen LogP contribution in [0.1, 0.15) is 12.5 Å². The third-order valence-electron chi connectivity index (χ3n) is 2.57. The molecule has 3 nitrogen and oxygen atoms in total. The predicted molar refractivity (Wildman–Crippen MR) is 56.8 cm³/mol. The fourth-order valence-electron chi connectivity index (χ4n) is 1.53. The van der Waals surface area contributed by atoms with Gasteiger partial charge in [-0.1, -0.05) is 19.1 Å². The highest BCUT2D eigenvalue weighted by atomic mass is 16.5. The van der Waals surface area contributed by atoms with Gasteiger partial charge in [-0.05, 0) is 17.7 Å². The molecule has 1 N–H and O–H groups in total. The van der Waals surface area contributed by atoms with Crippen LogP contribution < -0.4 is 4.74 Å². The standard InChI is InChI=1S/C12H16O3/c1-12(7-14-8-12)9-15-11-4-2-3-10(5-11)6-13/h2-5,13H,6-9H2,1H3. The molecule has 1 heterocycles. The molecule has 1 aromatic rings. The normalized spacial score (nSPS) is 18.3. The van der Waals surface area contributed by atoms with Gasteiger partial charge in [-0.15, -0.1) is 0 Å². The molecule has 1 aliphatic rings. The second-order valence-electron chi connectivity index (χ2n) is 4.40. The second kappa shape index (κ2) is 4.21. The Labute approximate surface area is 89.6 Å². The lowest BCUT2D eigenvalue weighted by atomic mass is 9.90. The SMILES string of the molecule is CC1(COc2cccc(CO)c2)COC1. The van der Waals surface area contributed by atoms with E-state index < -0.39 is 0 Å². The van der Waals surface area contributed by atoms with Crippen molar-refractivity contribution in [2.45, 2.75) is 13.5 Å². The van der Waals surface area contributed by atoms with Crippen LogP contribution in [0, 0.1) is 5.41 Å². The van der Waals surface area contributed by atoms with Crippen LogP contribution in [0.25, 0.3) is 0 Å². The summed E-state index contributed by atoms with van der Waals surface area (Å²) in [7, 11) is 0. The van der Waals surface area contributed by atoms with Gasteiger partial charge >= 0.3 is 0 Å². The molecular weight excluding hydrogens is 192 g/mol. The zero-order chi connectivity index (χ0) is 10.7. The Morgan fingerprint density at radius 3 is 2.87 bits per heavy atom. The van der Waals surface area contributed by atoms with Gasteiger partial charge in [0.15, 0.2) is 0 Å². The Kier molecular flexibility index (Phi) is 2.93. The van der Waals surface area contributed by atoms with Crippen molar-refractivity contribution < 1.29 is 14.6 Å². The van der Waals surface area contributed by atoms with Crippen molar-refractivity contribution >= 4 is 0 Å². The molecule has 2 rings (SSSR count). The van der Waals surface area contributed by atoms with Crippen LogP contribution in [0.4, 0.5) is 0 Å². The molecule has 1 fully saturated rings. The van der Waals surface area contributed by atoms with E-state index in [0.29, 0.717) is 6.61 Å². The number of aliphatic hydroxyl groups is 1. The predicted octanol–water partition coefficient (Wildman–Crippen LogP) is 1.59. The largest absolute Gasteiger partial charge is 0.493 e. The molecule has 0 bridgehead atoms. The van der Waals surface area contributed by atoms with Crippen molar-refractivity contribution in [3.05, 3.63) is 29.8 Å². The number of aliphatic hydroxyl groups excluding tert-OH is 1. The molecule has 1 aliphatic heterocycles. The molecule has 1 saturated heterocycles. The molecule has 3 heteroatoms. The molecule has 0 spiro atoms. The van der Waals surface area contributed by atoms with Gasteiger partial charge in [0.25, 0.3) is 0 Å². The minimum atomic E-state index is 0.0532. The Balaban J connectivity index is 1.92. The van der Waals surface area contributed by atoms with E-state index in [1.54, 1.807) is 0 Å². The molecule has 1 aromatic carbocycles. The summed E-state index contributed by atoms with van der Waals surface area (Å²) >= 11 is 0. The molecule has 0 amide bonds. The smallest absolute Gasteiger partial charge is 0.119 e. The zero-order valence-corrected chi connectivity index (χ0v) is 8.90. The lowest BCUT2D eigenvalue weighted by Gasteiger charge is -2.37. The van der Waals surface area contributed by atoms with E-state index in [2.05, 4.69) is 6.92 Å². The maximum absolute atomic E-state index is 8.97. The van der Waals surface area contributed by atoms with Crippen LogP contribution in [0.15, 0.2) is 24.3 Å². The summed E-state index contributed by atoms with van der Waals surface area (Å²) in [5.41, 5.74) is 1.04. The van der Waals surface area contributed by atoms with E-state index in [1.807, 2.05) is 24.3 Å². The van der Waals surface area contributed by atoms with Crippen LogP contribution in [0.5, 0.6) is 5.75 Å². The van der Waals surface area contributed by atoms with Crippen molar-refractivity contribution in [3.8, 4) is 5.75 Å².